The molecule has 1 amide bonds. The summed E-state index contributed by atoms with van der Waals surface area (Å²) in [5, 5.41) is 12.6. The summed E-state index contributed by atoms with van der Waals surface area (Å²) in [6, 6.07) is 32.1. The van der Waals surface area contributed by atoms with Crippen molar-refractivity contribution in [3.05, 3.63) is 131 Å². The predicted octanol–water partition coefficient (Wildman–Crippen LogP) is 7.00. The first kappa shape index (κ1) is 32.1. The lowest BCUT2D eigenvalue weighted by Crippen LogP contribution is -2.45. The minimum atomic E-state index is -0.524. The van der Waals surface area contributed by atoms with E-state index in [4.69, 9.17) is 9.47 Å². The van der Waals surface area contributed by atoms with Crippen LogP contribution in [0.3, 0.4) is 0 Å². The van der Waals surface area contributed by atoms with Gasteiger partial charge in [0.25, 0.3) is 5.91 Å². The quantitative estimate of drug-likeness (QED) is 0.179. The van der Waals surface area contributed by atoms with E-state index in [1.54, 1.807) is 0 Å². The van der Waals surface area contributed by atoms with Gasteiger partial charge in [-0.05, 0) is 78.0 Å². The molecule has 0 bridgehead atoms. The van der Waals surface area contributed by atoms with Crippen LogP contribution >= 0.6 is 0 Å². The highest BCUT2D eigenvalue weighted by Crippen LogP contribution is 2.42. The zero-order valence-electron chi connectivity index (χ0n) is 27.3. The van der Waals surface area contributed by atoms with E-state index in [0.717, 1.165) is 58.5 Å². The van der Waals surface area contributed by atoms with Crippen LogP contribution in [0.5, 0.6) is 0 Å². The van der Waals surface area contributed by atoms with Crippen LogP contribution < -0.4 is 5.32 Å². The standard InChI is InChI=1S/C40H42N4O4/c1-27-37(25-44-19-5-2-6-20-44)47-40(48-38(27)30-17-15-28(26-45)16-18-30)33-12-8-11-32(22-33)31-10-7-9-29(21-31)23-42-39(46)36-24-41-34-13-3-4-14-35(34)43-36/h3-4,7-18,21-22,24,27,37-38,40,45H,2,5-6,19-20,23,25-26H2,1H3,(H,42,46). The molecule has 48 heavy (non-hydrogen) atoms. The number of nitrogens with one attached hydrogen (secondary N) is 1. The average molecular weight is 643 g/mol. The van der Waals surface area contributed by atoms with Crippen LogP contribution in [-0.2, 0) is 22.6 Å². The molecule has 7 rings (SSSR count). The van der Waals surface area contributed by atoms with Gasteiger partial charge in [-0.15, -0.1) is 0 Å². The number of aromatic nitrogens is 2. The molecule has 2 saturated heterocycles. The molecule has 8 nitrogen and oxygen atoms in total. The average Bonchev–Trinajstić information content (AvgIpc) is 3.15. The fourth-order valence-corrected chi connectivity index (χ4v) is 6.79. The number of likely N-dealkylation sites (tertiary alicyclic amines) is 1. The van der Waals surface area contributed by atoms with Crippen LogP contribution in [-0.4, -0.2) is 51.6 Å². The number of hydrogen-bond acceptors (Lipinski definition) is 7. The number of fused-ring (bicyclic) bond motifs is 1. The molecule has 3 heterocycles. The van der Waals surface area contributed by atoms with Crippen LogP contribution in [0.2, 0.25) is 0 Å². The number of carbonyl (C=O) groups excluding carboxylic acids is 1. The van der Waals surface area contributed by atoms with E-state index in [9.17, 15) is 9.90 Å². The molecule has 2 fully saturated rings. The van der Waals surface area contributed by atoms with Gasteiger partial charge in [0.2, 0.25) is 0 Å². The van der Waals surface area contributed by atoms with Crippen molar-refractivity contribution in [2.75, 3.05) is 19.6 Å². The van der Waals surface area contributed by atoms with Crippen molar-refractivity contribution < 1.29 is 19.4 Å². The van der Waals surface area contributed by atoms with E-state index in [1.807, 2.05) is 54.6 Å². The number of ether oxygens (including phenoxy) is 2. The molecule has 4 atom stereocenters. The molecule has 0 aliphatic carbocycles. The van der Waals surface area contributed by atoms with Crippen LogP contribution in [0, 0.1) is 5.92 Å². The molecule has 2 N–H and O–H groups in total. The first-order valence-corrected chi connectivity index (χ1v) is 17.0. The van der Waals surface area contributed by atoms with Crippen molar-refractivity contribution in [3.63, 3.8) is 0 Å². The Kier molecular flexibility index (Phi) is 9.86. The highest BCUT2D eigenvalue weighted by Gasteiger charge is 2.39. The monoisotopic (exact) mass is 642 g/mol. The summed E-state index contributed by atoms with van der Waals surface area (Å²) in [4.78, 5) is 24.3. The number of piperidine rings is 1. The fourth-order valence-electron chi connectivity index (χ4n) is 6.79. The Morgan fingerprint density at radius 2 is 1.58 bits per heavy atom. The van der Waals surface area contributed by atoms with Gasteiger partial charge >= 0.3 is 0 Å². The molecular weight excluding hydrogens is 600 g/mol. The second kappa shape index (κ2) is 14.7. The van der Waals surface area contributed by atoms with Crippen LogP contribution in [0.1, 0.15) is 71.3 Å². The predicted molar refractivity (Wildman–Crippen MR) is 186 cm³/mol. The van der Waals surface area contributed by atoms with E-state index in [0.29, 0.717) is 17.8 Å². The molecule has 246 valence electrons. The fraction of sp³-hybridized carbons (Fsp3) is 0.325. The highest BCUT2D eigenvalue weighted by atomic mass is 16.7. The van der Waals surface area contributed by atoms with Crippen molar-refractivity contribution >= 4 is 16.9 Å². The highest BCUT2D eigenvalue weighted by molar-refractivity contribution is 5.93. The van der Waals surface area contributed by atoms with E-state index in [2.05, 4.69) is 69.6 Å². The summed E-state index contributed by atoms with van der Waals surface area (Å²) in [5.41, 5.74) is 7.75. The number of hydrogen-bond donors (Lipinski definition) is 2. The summed E-state index contributed by atoms with van der Waals surface area (Å²) >= 11 is 0. The van der Waals surface area contributed by atoms with Crippen LogP contribution in [0.15, 0.2) is 103 Å². The molecular formula is C40H42N4O4. The van der Waals surface area contributed by atoms with Crippen molar-refractivity contribution in [1.29, 1.82) is 0 Å². The number of benzene rings is 4. The van der Waals surface area contributed by atoms with Crippen molar-refractivity contribution in [1.82, 2.24) is 20.2 Å². The van der Waals surface area contributed by atoms with Gasteiger partial charge in [-0.25, -0.2) is 4.98 Å². The smallest absolute Gasteiger partial charge is 0.271 e. The van der Waals surface area contributed by atoms with Crippen molar-refractivity contribution in [2.45, 2.75) is 57.8 Å². The summed E-state index contributed by atoms with van der Waals surface area (Å²) in [7, 11) is 0. The van der Waals surface area contributed by atoms with Gasteiger partial charge in [0.15, 0.2) is 6.29 Å². The van der Waals surface area contributed by atoms with Gasteiger partial charge in [0.1, 0.15) is 5.69 Å². The van der Waals surface area contributed by atoms with E-state index >= 15 is 0 Å². The second-order valence-electron chi connectivity index (χ2n) is 12.9. The van der Waals surface area contributed by atoms with Crippen LogP contribution in [0.25, 0.3) is 22.2 Å². The lowest BCUT2D eigenvalue weighted by Gasteiger charge is -2.43. The normalized spacial score (nSPS) is 21.6. The lowest BCUT2D eigenvalue weighted by atomic mass is 9.89. The summed E-state index contributed by atoms with van der Waals surface area (Å²) in [6.45, 7) is 5.70. The second-order valence-corrected chi connectivity index (χ2v) is 12.9. The molecule has 2 aliphatic rings. The number of aliphatic hydroxyl groups excluding tert-OH is 1. The Labute approximate surface area is 281 Å². The molecule has 8 heteroatoms. The topological polar surface area (TPSA) is 96.8 Å². The number of aliphatic hydroxyl groups is 1. The van der Waals surface area contributed by atoms with E-state index in [1.165, 1.54) is 25.5 Å². The number of para-hydroxylation sites is 2. The number of amides is 1. The maximum Gasteiger partial charge on any atom is 0.271 e. The zero-order valence-corrected chi connectivity index (χ0v) is 27.3. The molecule has 4 unspecified atom stereocenters. The Hall–Kier alpha value is -4.47. The van der Waals surface area contributed by atoms with E-state index in [-0.39, 0.29) is 30.6 Å². The Morgan fingerprint density at radius 1 is 0.833 bits per heavy atom. The first-order valence-electron chi connectivity index (χ1n) is 17.0. The third-order valence-corrected chi connectivity index (χ3v) is 9.56. The summed E-state index contributed by atoms with van der Waals surface area (Å²) < 4.78 is 13.5. The minimum absolute atomic E-state index is 0.00672. The molecule has 0 saturated carbocycles. The van der Waals surface area contributed by atoms with E-state index < -0.39 is 6.29 Å². The largest absolute Gasteiger partial charge is 0.392 e. The Morgan fingerprint density at radius 3 is 2.38 bits per heavy atom. The SMILES string of the molecule is CC1C(CN2CCCCC2)OC(c2cccc(-c3cccc(CNC(=O)c4cnc5ccccc5n4)c3)c2)OC1c1ccc(CO)cc1. The van der Waals surface area contributed by atoms with Crippen molar-refractivity contribution in [3.8, 4) is 11.1 Å². The van der Waals surface area contributed by atoms with Gasteiger partial charge in [0.05, 0.1) is 36.0 Å². The minimum Gasteiger partial charge on any atom is -0.392 e. The molecule has 2 aliphatic heterocycles. The maximum absolute atomic E-state index is 12.9. The molecule has 5 aromatic rings. The van der Waals surface area contributed by atoms with Crippen molar-refractivity contribution in [2.24, 2.45) is 5.92 Å². The summed E-state index contributed by atoms with van der Waals surface area (Å²) in [5.74, 6) is -0.111. The zero-order chi connectivity index (χ0) is 32.9. The molecule has 4 aromatic carbocycles. The van der Waals surface area contributed by atoms with Gasteiger partial charge in [-0.1, -0.05) is 86.1 Å². The maximum atomic E-state index is 12.9. The molecule has 0 radical (unpaired) electrons. The van der Waals surface area contributed by atoms with Gasteiger partial charge in [-0.3, -0.25) is 9.78 Å². The number of carbonyl (C=O) groups is 1. The third kappa shape index (κ3) is 7.32. The third-order valence-electron chi connectivity index (χ3n) is 9.56. The Balaban J connectivity index is 1.09. The van der Waals surface area contributed by atoms with Crippen LogP contribution in [0.4, 0.5) is 0 Å². The number of nitrogens with zero attached hydrogens (tertiary/aromatic N) is 3. The van der Waals surface area contributed by atoms with Gasteiger partial charge < -0.3 is 24.8 Å². The van der Waals surface area contributed by atoms with Gasteiger partial charge in [-0.2, -0.15) is 0 Å². The summed E-state index contributed by atoms with van der Waals surface area (Å²) in [6.07, 6.45) is 4.61. The molecule has 0 spiro atoms. The Bertz CT molecular complexity index is 1860. The van der Waals surface area contributed by atoms with Gasteiger partial charge in [0, 0.05) is 24.6 Å². The number of rotatable bonds is 9. The first-order chi connectivity index (χ1) is 23.5. The molecule has 1 aromatic heterocycles. The lowest BCUT2D eigenvalue weighted by molar-refractivity contribution is -0.276.